The summed E-state index contributed by atoms with van der Waals surface area (Å²) in [6.07, 6.45) is 10.5. The maximum Gasteiger partial charge on any atom is 0.0264 e. The van der Waals surface area contributed by atoms with Gasteiger partial charge in [-0.2, -0.15) is 0 Å². The summed E-state index contributed by atoms with van der Waals surface area (Å²) in [5, 5.41) is 0. The summed E-state index contributed by atoms with van der Waals surface area (Å²) in [6.45, 7) is 0. The van der Waals surface area contributed by atoms with Gasteiger partial charge >= 0.3 is 0 Å². The van der Waals surface area contributed by atoms with Crippen molar-refractivity contribution in [3.8, 4) is 0 Å². The van der Waals surface area contributed by atoms with E-state index in [-0.39, 0.29) is 0 Å². The monoisotopic (exact) mass is 188 g/mol. The van der Waals surface area contributed by atoms with E-state index in [4.69, 9.17) is 0 Å². The van der Waals surface area contributed by atoms with E-state index in [2.05, 4.69) is 21.6 Å². The van der Waals surface area contributed by atoms with Crippen LogP contribution in [-0.2, 0) is 0 Å². The van der Waals surface area contributed by atoms with Gasteiger partial charge in [0.2, 0.25) is 0 Å². The van der Waals surface area contributed by atoms with Crippen molar-refractivity contribution in [2.75, 3.05) is 5.75 Å². The summed E-state index contributed by atoms with van der Waals surface area (Å²) in [6, 6.07) is 0. The van der Waals surface area contributed by atoms with E-state index >= 15 is 0 Å². The van der Waals surface area contributed by atoms with Gasteiger partial charge in [0.15, 0.2) is 0 Å². The molecule has 0 radical (unpaired) electrons. The lowest BCUT2D eigenvalue weighted by Crippen LogP contribution is -2.28. The first-order valence-corrected chi connectivity index (χ1v) is 7.04. The lowest BCUT2D eigenvalue weighted by molar-refractivity contribution is 0.376. The zero-order chi connectivity index (χ0) is 7.57. The van der Waals surface area contributed by atoms with Crippen LogP contribution in [-0.4, -0.2) is 10.5 Å². The van der Waals surface area contributed by atoms with Crippen molar-refractivity contribution < 1.29 is 0 Å². The van der Waals surface area contributed by atoms with Gasteiger partial charge < -0.3 is 0 Å². The second kappa shape index (κ2) is 3.61. The van der Waals surface area contributed by atoms with Crippen LogP contribution >= 0.6 is 21.6 Å². The molecule has 0 atom stereocenters. The minimum Gasteiger partial charge on any atom is -0.0936 e. The van der Waals surface area contributed by atoms with Gasteiger partial charge in [-0.25, -0.2) is 0 Å². The molecule has 0 aromatic carbocycles. The minimum atomic E-state index is 0.737. The standard InChI is InChI=1S/C9H16S2/c1-2-5-9(6-3-1)7-4-8-10-11-9/h1-8H2. The number of hydrogen-bond acceptors (Lipinski definition) is 2. The zero-order valence-corrected chi connectivity index (χ0v) is 8.61. The molecule has 0 nitrogen and oxygen atoms in total. The highest BCUT2D eigenvalue weighted by Gasteiger charge is 2.34. The van der Waals surface area contributed by atoms with Gasteiger partial charge in [0, 0.05) is 10.5 Å². The molecule has 1 saturated heterocycles. The molecule has 1 heterocycles. The zero-order valence-electron chi connectivity index (χ0n) is 6.97. The molecule has 2 fully saturated rings. The van der Waals surface area contributed by atoms with Crippen LogP contribution in [0.25, 0.3) is 0 Å². The molecule has 0 unspecified atom stereocenters. The van der Waals surface area contributed by atoms with E-state index in [1.54, 1.807) is 0 Å². The second-order valence-corrected chi connectivity index (χ2v) is 6.64. The average molecular weight is 188 g/mol. The van der Waals surface area contributed by atoms with Crippen LogP contribution in [0, 0.1) is 0 Å². The molecule has 0 amide bonds. The fourth-order valence-corrected chi connectivity index (χ4v) is 5.57. The molecular formula is C9H16S2. The Bertz CT molecular complexity index is 102. The fraction of sp³-hybridized carbons (Fsp3) is 1.00. The highest BCUT2D eigenvalue weighted by atomic mass is 33.1. The largest absolute Gasteiger partial charge is 0.0936 e. The molecule has 0 N–H and O–H groups in total. The van der Waals surface area contributed by atoms with Crippen molar-refractivity contribution in [3.05, 3.63) is 0 Å². The molecule has 2 heteroatoms. The van der Waals surface area contributed by atoms with Crippen LogP contribution in [0.5, 0.6) is 0 Å². The van der Waals surface area contributed by atoms with E-state index in [1.165, 1.54) is 50.7 Å². The van der Waals surface area contributed by atoms with Crippen LogP contribution in [0.15, 0.2) is 0 Å². The van der Waals surface area contributed by atoms with Gasteiger partial charge in [-0.05, 0) is 25.7 Å². The highest BCUT2D eigenvalue weighted by molar-refractivity contribution is 8.77. The summed E-state index contributed by atoms with van der Waals surface area (Å²) < 4.78 is 0.737. The Balaban J connectivity index is 1.94. The smallest absolute Gasteiger partial charge is 0.0264 e. The van der Waals surface area contributed by atoms with E-state index in [1.807, 2.05) is 0 Å². The van der Waals surface area contributed by atoms with Crippen LogP contribution in [0.3, 0.4) is 0 Å². The summed E-state index contributed by atoms with van der Waals surface area (Å²) in [4.78, 5) is 0. The third kappa shape index (κ3) is 1.89. The highest BCUT2D eigenvalue weighted by Crippen LogP contribution is 2.51. The molecule has 0 bridgehead atoms. The number of hydrogen-bond donors (Lipinski definition) is 0. The summed E-state index contributed by atoms with van der Waals surface area (Å²) in [5.41, 5.74) is 0. The topological polar surface area (TPSA) is 0 Å². The van der Waals surface area contributed by atoms with Crippen molar-refractivity contribution in [1.82, 2.24) is 0 Å². The van der Waals surface area contributed by atoms with Crippen LogP contribution in [0.2, 0.25) is 0 Å². The summed E-state index contributed by atoms with van der Waals surface area (Å²) >= 11 is 0. The Morgan fingerprint density at radius 1 is 0.818 bits per heavy atom. The molecule has 1 saturated carbocycles. The predicted octanol–water partition coefficient (Wildman–Crippen LogP) is 3.86. The Labute approximate surface area is 77.3 Å². The predicted molar refractivity (Wildman–Crippen MR) is 55.1 cm³/mol. The third-order valence-corrected chi connectivity index (χ3v) is 6.31. The summed E-state index contributed by atoms with van der Waals surface area (Å²) in [5.74, 6) is 1.40. The second-order valence-electron chi connectivity index (χ2n) is 3.75. The first-order valence-electron chi connectivity index (χ1n) is 4.72. The van der Waals surface area contributed by atoms with Crippen molar-refractivity contribution in [2.45, 2.75) is 49.7 Å². The maximum absolute atomic E-state index is 2.20. The third-order valence-electron chi connectivity index (χ3n) is 2.86. The van der Waals surface area contributed by atoms with Crippen LogP contribution in [0.1, 0.15) is 44.9 Å². The van der Waals surface area contributed by atoms with E-state index in [0.29, 0.717) is 0 Å². The maximum atomic E-state index is 2.20. The lowest BCUT2D eigenvalue weighted by atomic mass is 9.85. The van der Waals surface area contributed by atoms with Gasteiger partial charge in [0.25, 0.3) is 0 Å². The molecule has 1 aliphatic carbocycles. The SMILES string of the molecule is C1CCC2(CC1)CCCSS2. The van der Waals surface area contributed by atoms with Crippen LogP contribution < -0.4 is 0 Å². The van der Waals surface area contributed by atoms with E-state index in [0.717, 1.165) is 4.75 Å². The molecule has 11 heavy (non-hydrogen) atoms. The molecule has 2 aliphatic rings. The Morgan fingerprint density at radius 2 is 1.55 bits per heavy atom. The lowest BCUT2D eigenvalue weighted by Gasteiger charge is -2.38. The van der Waals surface area contributed by atoms with E-state index < -0.39 is 0 Å². The quantitative estimate of drug-likeness (QED) is 0.529. The molecule has 1 spiro atoms. The van der Waals surface area contributed by atoms with E-state index in [9.17, 15) is 0 Å². The molecule has 2 rings (SSSR count). The van der Waals surface area contributed by atoms with Crippen molar-refractivity contribution in [2.24, 2.45) is 0 Å². The number of rotatable bonds is 0. The van der Waals surface area contributed by atoms with Gasteiger partial charge in [0.05, 0.1) is 0 Å². The first kappa shape index (κ1) is 8.31. The van der Waals surface area contributed by atoms with Gasteiger partial charge in [-0.1, -0.05) is 40.9 Å². The van der Waals surface area contributed by atoms with Crippen molar-refractivity contribution in [3.63, 3.8) is 0 Å². The van der Waals surface area contributed by atoms with Gasteiger partial charge in [-0.3, -0.25) is 0 Å². The fourth-order valence-electron chi connectivity index (χ4n) is 2.19. The normalized spacial score (nSPS) is 30.5. The van der Waals surface area contributed by atoms with Gasteiger partial charge in [-0.15, -0.1) is 0 Å². The molecular weight excluding hydrogens is 172 g/mol. The first-order chi connectivity index (χ1) is 5.41. The molecule has 0 aromatic rings. The minimum absolute atomic E-state index is 0.737. The molecule has 0 aromatic heterocycles. The van der Waals surface area contributed by atoms with Crippen molar-refractivity contribution in [1.29, 1.82) is 0 Å². The Hall–Kier alpha value is 0.700. The Morgan fingerprint density at radius 3 is 2.18 bits per heavy atom. The summed E-state index contributed by atoms with van der Waals surface area (Å²) in [7, 11) is 4.32. The Kier molecular flexibility index (Phi) is 2.73. The van der Waals surface area contributed by atoms with Gasteiger partial charge in [0.1, 0.15) is 0 Å². The molecule has 1 aliphatic heterocycles. The molecule has 64 valence electrons. The van der Waals surface area contributed by atoms with Crippen molar-refractivity contribution >= 4 is 21.6 Å². The van der Waals surface area contributed by atoms with Crippen LogP contribution in [0.4, 0.5) is 0 Å². The average Bonchev–Trinajstić information content (AvgIpc) is 2.07.